The summed E-state index contributed by atoms with van der Waals surface area (Å²) < 4.78 is 42.6. The van der Waals surface area contributed by atoms with Gasteiger partial charge in [-0.1, -0.05) is 0 Å². The van der Waals surface area contributed by atoms with Gasteiger partial charge in [0, 0.05) is 0 Å². The lowest BCUT2D eigenvalue weighted by atomic mass is 10.1. The first-order valence-corrected chi connectivity index (χ1v) is 4.55. The van der Waals surface area contributed by atoms with E-state index < -0.39 is 46.6 Å². The van der Waals surface area contributed by atoms with Gasteiger partial charge in [-0.05, 0) is 0 Å². The lowest BCUT2D eigenvalue weighted by molar-refractivity contribution is -0.386. The Balaban J connectivity index is 3.38. The summed E-state index contributed by atoms with van der Waals surface area (Å²) in [6.07, 6.45) is -4.02. The number of nitrogens with zero attached hydrogens (tertiary/aromatic N) is 2. The summed E-state index contributed by atoms with van der Waals surface area (Å²) in [6, 6.07) is 0.280. The molecule has 0 atom stereocenters. The molecule has 9 heteroatoms. The van der Waals surface area contributed by atoms with Crippen molar-refractivity contribution in [3.05, 3.63) is 33.4 Å². The quantitative estimate of drug-likeness (QED) is 0.358. The van der Waals surface area contributed by atoms with Gasteiger partial charge in [0.2, 0.25) is 5.95 Å². The van der Waals surface area contributed by atoms with Gasteiger partial charge < -0.3 is 4.74 Å². The smallest absolute Gasteiger partial charge is 0.311 e. The van der Waals surface area contributed by atoms with Crippen LogP contribution < -0.4 is 0 Å². The number of hydrogen-bond acceptors (Lipinski definition) is 5. The number of rotatable bonds is 4. The first-order valence-electron chi connectivity index (χ1n) is 4.55. The fraction of sp³-hybridized carbons (Fsp3) is 0.333. The summed E-state index contributed by atoms with van der Waals surface area (Å²) in [5.74, 6) is -2.27. The summed E-state index contributed by atoms with van der Waals surface area (Å²) >= 11 is 0. The highest BCUT2D eigenvalue weighted by Crippen LogP contribution is 2.31. The van der Waals surface area contributed by atoms with Crippen molar-refractivity contribution in [2.45, 2.75) is 12.8 Å². The van der Waals surface area contributed by atoms with E-state index in [1.807, 2.05) is 0 Å². The van der Waals surface area contributed by atoms with E-state index in [9.17, 15) is 28.1 Å². The third-order valence-electron chi connectivity index (χ3n) is 2.04. The number of esters is 1. The maximum atomic E-state index is 13.0. The fourth-order valence-electron chi connectivity index (χ4n) is 1.29. The molecule has 0 saturated carbocycles. The Hall–Kier alpha value is -2.19. The van der Waals surface area contributed by atoms with Crippen molar-refractivity contribution in [1.82, 2.24) is 4.98 Å². The first kappa shape index (κ1) is 13.9. The van der Waals surface area contributed by atoms with Crippen LogP contribution >= 0.6 is 0 Å². The molecule has 0 aliphatic carbocycles. The Bertz CT molecular complexity index is 493. The van der Waals surface area contributed by atoms with E-state index in [1.165, 1.54) is 0 Å². The minimum absolute atomic E-state index is 0.280. The van der Waals surface area contributed by atoms with Gasteiger partial charge in [-0.2, -0.15) is 4.39 Å². The second-order valence-electron chi connectivity index (χ2n) is 3.14. The molecular weight excluding hydrogens is 257 g/mol. The number of methoxy groups -OCH3 is 1. The number of carbonyl (C=O) groups is 1. The van der Waals surface area contributed by atoms with Crippen molar-refractivity contribution in [3.8, 4) is 0 Å². The predicted molar refractivity (Wildman–Crippen MR) is 51.5 cm³/mol. The van der Waals surface area contributed by atoms with Crippen molar-refractivity contribution >= 4 is 11.7 Å². The van der Waals surface area contributed by atoms with Gasteiger partial charge >= 0.3 is 5.97 Å². The van der Waals surface area contributed by atoms with Crippen LogP contribution in [0.25, 0.3) is 0 Å². The number of alkyl halides is 2. The van der Waals surface area contributed by atoms with Gasteiger partial charge in [0.1, 0.15) is 5.56 Å². The zero-order valence-corrected chi connectivity index (χ0v) is 9.02. The highest BCUT2D eigenvalue weighted by atomic mass is 19.3. The van der Waals surface area contributed by atoms with Crippen LogP contribution in [-0.2, 0) is 16.0 Å². The SMILES string of the molecule is COC(=O)Cc1nc(F)cc([N+](=O)[O-])c1C(F)F. The zero-order valence-electron chi connectivity index (χ0n) is 9.02. The third-order valence-corrected chi connectivity index (χ3v) is 2.04. The average Bonchev–Trinajstić information content (AvgIpc) is 2.27. The van der Waals surface area contributed by atoms with E-state index in [4.69, 9.17) is 0 Å². The molecular formula is C9H7F3N2O4. The van der Waals surface area contributed by atoms with Crippen LogP contribution in [0.3, 0.4) is 0 Å². The normalized spacial score (nSPS) is 10.5. The lowest BCUT2D eigenvalue weighted by Gasteiger charge is -2.07. The van der Waals surface area contributed by atoms with E-state index in [1.54, 1.807) is 0 Å². The van der Waals surface area contributed by atoms with Crippen LogP contribution in [0.1, 0.15) is 17.7 Å². The van der Waals surface area contributed by atoms with E-state index in [0.717, 1.165) is 7.11 Å². The van der Waals surface area contributed by atoms with Gasteiger partial charge in [0.15, 0.2) is 0 Å². The summed E-state index contributed by atoms with van der Waals surface area (Å²) in [6.45, 7) is 0. The zero-order chi connectivity index (χ0) is 13.9. The van der Waals surface area contributed by atoms with Crippen molar-refractivity contribution in [2.24, 2.45) is 0 Å². The Morgan fingerprint density at radius 1 is 1.61 bits per heavy atom. The van der Waals surface area contributed by atoms with Crippen molar-refractivity contribution < 1.29 is 27.6 Å². The summed E-state index contributed by atoms with van der Waals surface area (Å²) in [5, 5.41) is 10.5. The first-order chi connectivity index (χ1) is 8.36. The Morgan fingerprint density at radius 2 is 2.22 bits per heavy atom. The minimum atomic E-state index is -3.25. The molecule has 6 nitrogen and oxygen atoms in total. The predicted octanol–water partition coefficient (Wildman–Crippen LogP) is 1.78. The molecule has 0 unspecified atom stereocenters. The molecule has 1 aromatic heterocycles. The Kier molecular flexibility index (Phi) is 4.18. The number of ether oxygens (including phenoxy) is 1. The minimum Gasteiger partial charge on any atom is -0.469 e. The number of halogens is 3. The summed E-state index contributed by atoms with van der Waals surface area (Å²) in [4.78, 5) is 23.4. The second kappa shape index (κ2) is 5.43. The molecule has 0 aliphatic heterocycles. The van der Waals surface area contributed by atoms with Crippen LogP contribution in [0.2, 0.25) is 0 Å². The largest absolute Gasteiger partial charge is 0.469 e. The molecule has 18 heavy (non-hydrogen) atoms. The molecule has 0 radical (unpaired) electrons. The third kappa shape index (κ3) is 2.93. The number of aromatic nitrogens is 1. The molecule has 1 heterocycles. The Morgan fingerprint density at radius 3 is 2.67 bits per heavy atom. The highest BCUT2D eigenvalue weighted by Gasteiger charge is 2.29. The van der Waals surface area contributed by atoms with Gasteiger partial charge in [0.05, 0.1) is 30.2 Å². The highest BCUT2D eigenvalue weighted by molar-refractivity contribution is 5.72. The molecule has 98 valence electrons. The topological polar surface area (TPSA) is 82.3 Å². The average molecular weight is 264 g/mol. The van der Waals surface area contributed by atoms with E-state index >= 15 is 0 Å². The molecule has 0 saturated heterocycles. The van der Waals surface area contributed by atoms with Crippen LogP contribution in [-0.4, -0.2) is 23.0 Å². The second-order valence-corrected chi connectivity index (χ2v) is 3.14. The van der Waals surface area contributed by atoms with Gasteiger partial charge in [-0.25, -0.2) is 13.8 Å². The molecule has 0 aromatic carbocycles. The van der Waals surface area contributed by atoms with Gasteiger partial charge in [0.25, 0.3) is 12.1 Å². The van der Waals surface area contributed by atoms with Crippen molar-refractivity contribution in [3.63, 3.8) is 0 Å². The standard InChI is InChI=1S/C9H7F3N2O4/c1-18-7(15)2-4-8(9(11)12)5(14(16)17)3-6(10)13-4/h3,9H,2H2,1H3. The molecule has 1 aromatic rings. The number of pyridine rings is 1. The summed E-state index contributed by atoms with van der Waals surface area (Å²) in [7, 11) is 0.998. The maximum absolute atomic E-state index is 13.0. The van der Waals surface area contributed by atoms with Gasteiger partial charge in [-0.3, -0.25) is 14.9 Å². The number of hydrogen-bond donors (Lipinski definition) is 0. The van der Waals surface area contributed by atoms with Crippen LogP contribution in [0.5, 0.6) is 0 Å². The Labute approximate surface area is 98.5 Å². The molecule has 0 bridgehead atoms. The molecule has 0 amide bonds. The molecule has 0 fully saturated rings. The molecule has 0 aliphatic rings. The van der Waals surface area contributed by atoms with Crippen LogP contribution in [0, 0.1) is 16.1 Å². The number of nitro groups is 1. The van der Waals surface area contributed by atoms with E-state index in [2.05, 4.69) is 9.72 Å². The van der Waals surface area contributed by atoms with Gasteiger partial charge in [-0.15, -0.1) is 0 Å². The molecule has 0 N–H and O–H groups in total. The lowest BCUT2D eigenvalue weighted by Crippen LogP contribution is -2.12. The fourth-order valence-corrected chi connectivity index (χ4v) is 1.29. The van der Waals surface area contributed by atoms with Crippen LogP contribution in [0.4, 0.5) is 18.9 Å². The van der Waals surface area contributed by atoms with Crippen molar-refractivity contribution in [1.29, 1.82) is 0 Å². The molecule has 1 rings (SSSR count). The summed E-state index contributed by atoms with van der Waals surface area (Å²) in [5.41, 5.74) is -2.90. The number of carbonyl (C=O) groups excluding carboxylic acids is 1. The molecule has 0 spiro atoms. The van der Waals surface area contributed by atoms with E-state index in [-0.39, 0.29) is 6.07 Å². The maximum Gasteiger partial charge on any atom is 0.311 e. The van der Waals surface area contributed by atoms with Crippen molar-refractivity contribution in [2.75, 3.05) is 7.11 Å². The van der Waals surface area contributed by atoms with E-state index in [0.29, 0.717) is 0 Å². The van der Waals surface area contributed by atoms with Crippen LogP contribution in [0.15, 0.2) is 6.07 Å². The monoisotopic (exact) mass is 264 g/mol.